The molecule has 2 atom stereocenters. The van der Waals surface area contributed by atoms with Crippen molar-refractivity contribution >= 4 is 17.5 Å². The molecule has 1 amide bonds. The summed E-state index contributed by atoms with van der Waals surface area (Å²) in [5.74, 6) is 0.277. The Hall–Kier alpha value is -1.06. The molecule has 1 N–H and O–H groups in total. The molecule has 1 saturated heterocycles. The summed E-state index contributed by atoms with van der Waals surface area (Å²) in [5, 5.41) is 4.29. The maximum absolute atomic E-state index is 11.6. The lowest BCUT2D eigenvalue weighted by molar-refractivity contribution is -0.127. The topological polar surface area (TPSA) is 32.3 Å². The Morgan fingerprint density at radius 1 is 1.37 bits per heavy atom. The summed E-state index contributed by atoms with van der Waals surface area (Å²) in [6, 6.07) is 8.31. The Labute approximate surface area is 119 Å². The van der Waals surface area contributed by atoms with Crippen LogP contribution in [0.25, 0.3) is 0 Å². The smallest absolute Gasteiger partial charge is 0.222 e. The largest absolute Gasteiger partial charge is 0.341 e. The lowest BCUT2D eigenvalue weighted by atomic mass is 10.1. The van der Waals surface area contributed by atoms with E-state index in [2.05, 4.69) is 19.2 Å². The summed E-state index contributed by atoms with van der Waals surface area (Å²) in [6.45, 7) is 5.88. The van der Waals surface area contributed by atoms with Gasteiger partial charge in [-0.25, -0.2) is 0 Å². The second-order valence-electron chi connectivity index (χ2n) is 5.25. The predicted molar refractivity (Wildman–Crippen MR) is 78.3 cm³/mol. The molecule has 4 heteroatoms. The van der Waals surface area contributed by atoms with Gasteiger partial charge in [0.2, 0.25) is 5.91 Å². The molecule has 1 fully saturated rings. The van der Waals surface area contributed by atoms with Gasteiger partial charge in [-0.15, -0.1) is 0 Å². The molecule has 104 valence electrons. The molecule has 2 rings (SSSR count). The highest BCUT2D eigenvalue weighted by molar-refractivity contribution is 6.31. The van der Waals surface area contributed by atoms with Gasteiger partial charge in [-0.3, -0.25) is 4.79 Å². The minimum atomic E-state index is 0.182. The van der Waals surface area contributed by atoms with Crippen LogP contribution in [-0.4, -0.2) is 29.9 Å². The number of benzene rings is 1. The van der Waals surface area contributed by atoms with Crippen molar-refractivity contribution < 1.29 is 4.79 Å². The number of nitrogens with zero attached hydrogens (tertiary/aromatic N) is 1. The third-order valence-corrected chi connectivity index (χ3v) is 3.92. The highest BCUT2D eigenvalue weighted by Crippen LogP contribution is 2.22. The molecule has 3 nitrogen and oxygen atoms in total. The number of carbonyl (C=O) groups excluding carboxylic acids is 1. The molecule has 19 heavy (non-hydrogen) atoms. The lowest BCUT2D eigenvalue weighted by Gasteiger charge is -2.25. The Morgan fingerprint density at radius 2 is 2.11 bits per heavy atom. The Kier molecular flexibility index (Phi) is 4.83. The van der Waals surface area contributed by atoms with E-state index in [9.17, 15) is 4.79 Å². The Bertz CT molecular complexity index is 450. The zero-order valence-corrected chi connectivity index (χ0v) is 12.3. The van der Waals surface area contributed by atoms with Gasteiger partial charge in [0.05, 0.1) is 0 Å². The van der Waals surface area contributed by atoms with Crippen LogP contribution in [0.2, 0.25) is 5.02 Å². The fourth-order valence-electron chi connectivity index (χ4n) is 2.62. The average Bonchev–Trinajstić information content (AvgIpc) is 2.75. The number of carbonyl (C=O) groups is 1. The van der Waals surface area contributed by atoms with Crippen LogP contribution >= 0.6 is 11.6 Å². The van der Waals surface area contributed by atoms with E-state index < -0.39 is 0 Å². The maximum atomic E-state index is 11.6. The molecular formula is C15H21ClN2O. The van der Waals surface area contributed by atoms with Crippen molar-refractivity contribution in [1.29, 1.82) is 0 Å². The summed E-state index contributed by atoms with van der Waals surface area (Å²) >= 11 is 6.19. The van der Waals surface area contributed by atoms with Gasteiger partial charge < -0.3 is 10.2 Å². The van der Waals surface area contributed by atoms with Crippen molar-refractivity contribution in [3.05, 3.63) is 34.9 Å². The van der Waals surface area contributed by atoms with E-state index in [1.807, 2.05) is 29.2 Å². The minimum absolute atomic E-state index is 0.182. The zero-order valence-electron chi connectivity index (χ0n) is 11.5. The molecule has 0 bridgehead atoms. The predicted octanol–water partition coefficient (Wildman–Crippen LogP) is 3.00. The van der Waals surface area contributed by atoms with Crippen LogP contribution in [0, 0.1) is 0 Å². The van der Waals surface area contributed by atoms with Gasteiger partial charge in [-0.2, -0.15) is 0 Å². The SMILES string of the molecule is CC(CN1CCCC1=O)NC(C)c1ccccc1Cl. The van der Waals surface area contributed by atoms with Gasteiger partial charge >= 0.3 is 0 Å². The van der Waals surface area contributed by atoms with E-state index in [1.54, 1.807) is 0 Å². The summed E-state index contributed by atoms with van der Waals surface area (Å²) < 4.78 is 0. The minimum Gasteiger partial charge on any atom is -0.341 e. The molecule has 0 saturated carbocycles. The number of rotatable bonds is 5. The van der Waals surface area contributed by atoms with Crippen molar-refractivity contribution in [2.45, 2.75) is 38.8 Å². The standard InChI is InChI=1S/C15H21ClN2O/c1-11(10-18-9-5-8-15(18)19)17-12(2)13-6-3-4-7-14(13)16/h3-4,6-7,11-12,17H,5,8-10H2,1-2H3. The zero-order chi connectivity index (χ0) is 13.8. The van der Waals surface area contributed by atoms with Gasteiger partial charge in [0.1, 0.15) is 0 Å². The van der Waals surface area contributed by atoms with Crippen molar-refractivity contribution in [2.24, 2.45) is 0 Å². The molecule has 2 unspecified atom stereocenters. The van der Waals surface area contributed by atoms with E-state index in [0.29, 0.717) is 6.42 Å². The molecular weight excluding hydrogens is 260 g/mol. The highest BCUT2D eigenvalue weighted by Gasteiger charge is 2.22. The first-order valence-electron chi connectivity index (χ1n) is 6.86. The number of hydrogen-bond donors (Lipinski definition) is 1. The van der Waals surface area contributed by atoms with Gasteiger partial charge in [-0.05, 0) is 31.9 Å². The van der Waals surface area contributed by atoms with Crippen LogP contribution in [0.3, 0.4) is 0 Å². The summed E-state index contributed by atoms with van der Waals surface area (Å²) in [6.07, 6.45) is 1.69. The van der Waals surface area contributed by atoms with Gasteiger partial charge in [-0.1, -0.05) is 29.8 Å². The number of likely N-dealkylation sites (tertiary alicyclic amines) is 1. The molecule has 1 aliphatic heterocycles. The quantitative estimate of drug-likeness (QED) is 0.899. The normalized spacial score (nSPS) is 18.7. The summed E-state index contributed by atoms with van der Waals surface area (Å²) in [5.41, 5.74) is 1.10. The van der Waals surface area contributed by atoms with Crippen LogP contribution in [0.5, 0.6) is 0 Å². The summed E-state index contributed by atoms with van der Waals surface area (Å²) in [4.78, 5) is 13.5. The first kappa shape index (κ1) is 14.4. The second kappa shape index (κ2) is 6.40. The van der Waals surface area contributed by atoms with E-state index in [0.717, 1.165) is 30.1 Å². The van der Waals surface area contributed by atoms with E-state index in [1.165, 1.54) is 0 Å². The molecule has 0 aliphatic carbocycles. The van der Waals surface area contributed by atoms with Crippen molar-refractivity contribution in [3.63, 3.8) is 0 Å². The molecule has 0 spiro atoms. The number of amides is 1. The molecule has 0 radical (unpaired) electrons. The molecule has 1 aromatic rings. The van der Waals surface area contributed by atoms with E-state index in [4.69, 9.17) is 11.6 Å². The third-order valence-electron chi connectivity index (χ3n) is 3.57. The lowest BCUT2D eigenvalue weighted by Crippen LogP contribution is -2.40. The van der Waals surface area contributed by atoms with E-state index >= 15 is 0 Å². The van der Waals surface area contributed by atoms with Crippen LogP contribution in [0.4, 0.5) is 0 Å². The summed E-state index contributed by atoms with van der Waals surface area (Å²) in [7, 11) is 0. The van der Waals surface area contributed by atoms with Crippen LogP contribution < -0.4 is 5.32 Å². The molecule has 1 aliphatic rings. The maximum Gasteiger partial charge on any atom is 0.222 e. The molecule has 0 aromatic heterocycles. The van der Waals surface area contributed by atoms with Crippen molar-refractivity contribution in [1.82, 2.24) is 10.2 Å². The van der Waals surface area contributed by atoms with E-state index in [-0.39, 0.29) is 18.0 Å². The van der Waals surface area contributed by atoms with Gasteiger partial charge in [0, 0.05) is 36.6 Å². The monoisotopic (exact) mass is 280 g/mol. The van der Waals surface area contributed by atoms with Crippen LogP contribution in [0.1, 0.15) is 38.3 Å². The van der Waals surface area contributed by atoms with Gasteiger partial charge in [0.15, 0.2) is 0 Å². The fraction of sp³-hybridized carbons (Fsp3) is 0.533. The van der Waals surface area contributed by atoms with Gasteiger partial charge in [0.25, 0.3) is 0 Å². The molecule has 1 heterocycles. The average molecular weight is 281 g/mol. The first-order chi connectivity index (χ1) is 9.08. The van der Waals surface area contributed by atoms with Crippen molar-refractivity contribution in [2.75, 3.05) is 13.1 Å². The first-order valence-corrected chi connectivity index (χ1v) is 7.24. The van der Waals surface area contributed by atoms with Crippen LogP contribution in [0.15, 0.2) is 24.3 Å². The highest BCUT2D eigenvalue weighted by atomic mass is 35.5. The third kappa shape index (κ3) is 3.71. The number of halogens is 1. The number of nitrogens with one attached hydrogen (secondary N) is 1. The fourth-order valence-corrected chi connectivity index (χ4v) is 2.92. The Morgan fingerprint density at radius 3 is 2.74 bits per heavy atom. The second-order valence-corrected chi connectivity index (χ2v) is 5.66. The van der Waals surface area contributed by atoms with Crippen molar-refractivity contribution in [3.8, 4) is 0 Å². The molecule has 1 aromatic carbocycles. The Balaban J connectivity index is 1.90. The van der Waals surface area contributed by atoms with Crippen LogP contribution in [-0.2, 0) is 4.79 Å². The number of hydrogen-bond acceptors (Lipinski definition) is 2.